The third-order valence-electron chi connectivity index (χ3n) is 6.28. The molecule has 0 spiro atoms. The number of hydrogen-bond donors (Lipinski definition) is 7. The van der Waals surface area contributed by atoms with Gasteiger partial charge in [0.05, 0.1) is 23.8 Å². The molecule has 4 amide bonds. The lowest BCUT2D eigenvalue weighted by molar-refractivity contribution is -0.124. The Morgan fingerprint density at radius 1 is 0.745 bits per heavy atom. The van der Waals surface area contributed by atoms with Gasteiger partial charge in [0.1, 0.15) is 11.8 Å². The van der Waals surface area contributed by atoms with Crippen molar-refractivity contribution >= 4 is 52.3 Å². The number of carboxylic acids is 1. The van der Waals surface area contributed by atoms with Gasteiger partial charge in [0.15, 0.2) is 0 Å². The van der Waals surface area contributed by atoms with Crippen molar-refractivity contribution < 1.29 is 33.8 Å². The molecule has 10 N–H and O–H groups in total. The number of nitrogens with two attached hydrogens (primary N) is 3. The standard InChI is InChI=1S/C23H22N2O4.C11H14N4O3/c1-15(2)29-21-14-19(24-18-10-8-17(9-11-18)23(27)28)12-13-20(21)25-22(26)16-6-4-3-5-7-16;12-7-3-1-6(2-4-7)11(18)15-8(10(14)17)5-9(13)16/h3-15,24H,1-2H3,(H,25,26)(H,27,28);1-4,8H,5,12H2,(H2,13,16)(H2,14,17)(H,15,18)/t;8-/m.0/s1. The number of benzene rings is 4. The molecule has 0 radical (unpaired) electrons. The summed E-state index contributed by atoms with van der Waals surface area (Å²) in [5.41, 5.74) is 19.1. The molecule has 0 heterocycles. The van der Waals surface area contributed by atoms with Crippen LogP contribution in [-0.4, -0.2) is 46.9 Å². The molecule has 4 aromatic rings. The monoisotopic (exact) mass is 640 g/mol. The number of nitrogen functional groups attached to an aromatic ring is 1. The number of anilines is 4. The summed E-state index contributed by atoms with van der Waals surface area (Å²) in [6, 6.07) is 25.8. The van der Waals surface area contributed by atoms with Crippen molar-refractivity contribution in [1.82, 2.24) is 5.32 Å². The first-order chi connectivity index (χ1) is 22.3. The van der Waals surface area contributed by atoms with Crippen LogP contribution >= 0.6 is 0 Å². The van der Waals surface area contributed by atoms with Crippen LogP contribution in [0.5, 0.6) is 5.75 Å². The maximum absolute atomic E-state index is 12.5. The average molecular weight is 641 g/mol. The number of aromatic carboxylic acids is 1. The highest BCUT2D eigenvalue weighted by atomic mass is 16.5. The van der Waals surface area contributed by atoms with E-state index >= 15 is 0 Å². The maximum Gasteiger partial charge on any atom is 0.335 e. The Labute approximate surface area is 271 Å². The molecule has 1 atom stereocenters. The van der Waals surface area contributed by atoms with E-state index in [-0.39, 0.29) is 24.0 Å². The van der Waals surface area contributed by atoms with E-state index in [4.69, 9.17) is 27.0 Å². The van der Waals surface area contributed by atoms with Crippen LogP contribution in [0.1, 0.15) is 51.3 Å². The third kappa shape index (κ3) is 11.2. The van der Waals surface area contributed by atoms with E-state index in [1.165, 1.54) is 24.3 Å². The van der Waals surface area contributed by atoms with Crippen LogP contribution in [0.3, 0.4) is 0 Å². The average Bonchev–Trinajstić information content (AvgIpc) is 3.02. The summed E-state index contributed by atoms with van der Waals surface area (Å²) in [4.78, 5) is 57.0. The van der Waals surface area contributed by atoms with Crippen molar-refractivity contribution in [3.63, 3.8) is 0 Å². The molecule has 0 aliphatic carbocycles. The van der Waals surface area contributed by atoms with Crippen LogP contribution in [-0.2, 0) is 9.59 Å². The molecule has 0 bridgehead atoms. The zero-order valence-electron chi connectivity index (χ0n) is 25.7. The molecular formula is C34H36N6O7. The van der Waals surface area contributed by atoms with Gasteiger partial charge in [-0.2, -0.15) is 0 Å². The number of hydrogen-bond acceptors (Lipinski definition) is 8. The first-order valence-corrected chi connectivity index (χ1v) is 14.3. The van der Waals surface area contributed by atoms with Crippen LogP contribution in [0.2, 0.25) is 0 Å². The van der Waals surface area contributed by atoms with Crippen molar-refractivity contribution in [3.8, 4) is 5.75 Å². The fourth-order valence-corrected chi connectivity index (χ4v) is 4.00. The minimum Gasteiger partial charge on any atom is -0.489 e. The van der Waals surface area contributed by atoms with Gasteiger partial charge in [0, 0.05) is 34.3 Å². The van der Waals surface area contributed by atoms with Gasteiger partial charge in [-0.05, 0) is 86.6 Å². The summed E-state index contributed by atoms with van der Waals surface area (Å²) in [6.07, 6.45) is -0.414. The van der Waals surface area contributed by atoms with E-state index in [9.17, 15) is 24.0 Å². The van der Waals surface area contributed by atoms with Crippen LogP contribution in [0.4, 0.5) is 22.7 Å². The molecule has 4 rings (SSSR count). The van der Waals surface area contributed by atoms with Gasteiger partial charge >= 0.3 is 5.97 Å². The smallest absolute Gasteiger partial charge is 0.335 e. The zero-order valence-corrected chi connectivity index (χ0v) is 25.7. The number of nitrogens with one attached hydrogen (secondary N) is 3. The summed E-state index contributed by atoms with van der Waals surface area (Å²) < 4.78 is 5.88. The van der Waals surface area contributed by atoms with E-state index in [2.05, 4.69) is 16.0 Å². The third-order valence-corrected chi connectivity index (χ3v) is 6.28. The maximum atomic E-state index is 12.5. The number of carbonyl (C=O) groups excluding carboxylic acids is 4. The molecule has 0 aliphatic heterocycles. The van der Waals surface area contributed by atoms with Crippen LogP contribution in [0, 0.1) is 0 Å². The first kappa shape index (κ1) is 35.1. The summed E-state index contributed by atoms with van der Waals surface area (Å²) in [7, 11) is 0. The number of primary amides is 2. The minimum atomic E-state index is -1.12. The Morgan fingerprint density at radius 3 is 1.87 bits per heavy atom. The topological polar surface area (TPSA) is 229 Å². The summed E-state index contributed by atoms with van der Waals surface area (Å²) in [5, 5.41) is 17.4. The normalized spacial score (nSPS) is 10.9. The summed E-state index contributed by atoms with van der Waals surface area (Å²) >= 11 is 0. The first-order valence-electron chi connectivity index (χ1n) is 14.3. The Kier molecular flexibility index (Phi) is 12.4. The molecule has 4 aromatic carbocycles. The van der Waals surface area contributed by atoms with Gasteiger partial charge in [0.25, 0.3) is 11.8 Å². The molecule has 0 fully saturated rings. The lowest BCUT2D eigenvalue weighted by Crippen LogP contribution is -2.46. The van der Waals surface area contributed by atoms with Crippen molar-refractivity contribution in [3.05, 3.63) is 114 Å². The second-order valence-corrected chi connectivity index (χ2v) is 10.4. The van der Waals surface area contributed by atoms with Crippen LogP contribution in [0.15, 0.2) is 97.1 Å². The highest BCUT2D eigenvalue weighted by Crippen LogP contribution is 2.31. The number of rotatable bonds is 12. The lowest BCUT2D eigenvalue weighted by Gasteiger charge is -2.17. The molecule has 13 heteroatoms. The number of carboxylic acid groups (broad SMARTS) is 1. The van der Waals surface area contributed by atoms with Crippen LogP contribution in [0.25, 0.3) is 0 Å². The highest BCUT2D eigenvalue weighted by molar-refractivity contribution is 6.05. The molecule has 0 saturated carbocycles. The minimum absolute atomic E-state index is 0.0764. The molecule has 47 heavy (non-hydrogen) atoms. The molecular weight excluding hydrogens is 604 g/mol. The second kappa shape index (κ2) is 16.6. The van der Waals surface area contributed by atoms with E-state index in [0.717, 1.165) is 11.4 Å². The van der Waals surface area contributed by atoms with Gasteiger partial charge < -0.3 is 43.0 Å². The van der Waals surface area contributed by atoms with Crippen molar-refractivity contribution in [1.29, 1.82) is 0 Å². The highest BCUT2D eigenvalue weighted by Gasteiger charge is 2.21. The second-order valence-electron chi connectivity index (χ2n) is 10.4. The van der Waals surface area contributed by atoms with Gasteiger partial charge in [-0.15, -0.1) is 0 Å². The van der Waals surface area contributed by atoms with Gasteiger partial charge in [-0.3, -0.25) is 19.2 Å². The van der Waals surface area contributed by atoms with E-state index in [1.807, 2.05) is 38.1 Å². The molecule has 0 saturated heterocycles. The van der Waals surface area contributed by atoms with E-state index < -0.39 is 29.7 Å². The molecule has 0 aromatic heterocycles. The van der Waals surface area contributed by atoms with Gasteiger partial charge in [-0.1, -0.05) is 18.2 Å². The van der Waals surface area contributed by atoms with E-state index in [1.54, 1.807) is 48.5 Å². The summed E-state index contributed by atoms with van der Waals surface area (Å²) in [5.74, 6) is -2.72. The SMILES string of the molecule is CC(C)Oc1cc(Nc2ccc(C(=O)O)cc2)ccc1NC(=O)c1ccccc1.NC(=O)C[C@H](NC(=O)c1ccc(N)cc1)C(N)=O. The largest absolute Gasteiger partial charge is 0.489 e. The fourth-order valence-electron chi connectivity index (χ4n) is 4.00. The van der Waals surface area contributed by atoms with Crippen LogP contribution < -0.4 is 37.9 Å². The predicted octanol–water partition coefficient (Wildman–Crippen LogP) is 3.90. The Bertz CT molecular complexity index is 1710. The zero-order chi connectivity index (χ0) is 34.5. The number of amides is 4. The Balaban J connectivity index is 0.000000287. The molecule has 0 unspecified atom stereocenters. The molecule has 0 aliphatic rings. The Morgan fingerprint density at radius 2 is 1.32 bits per heavy atom. The molecule has 244 valence electrons. The predicted molar refractivity (Wildman–Crippen MR) is 178 cm³/mol. The molecule has 13 nitrogen and oxygen atoms in total. The van der Waals surface area contributed by atoms with Crippen molar-refractivity contribution in [2.75, 3.05) is 16.4 Å². The summed E-state index contributed by atoms with van der Waals surface area (Å²) in [6.45, 7) is 3.82. The van der Waals surface area contributed by atoms with E-state index in [0.29, 0.717) is 28.3 Å². The fraction of sp³-hybridized carbons (Fsp3) is 0.147. The van der Waals surface area contributed by atoms with Crippen molar-refractivity contribution in [2.45, 2.75) is 32.4 Å². The van der Waals surface area contributed by atoms with Crippen molar-refractivity contribution in [2.24, 2.45) is 11.5 Å². The number of carbonyl (C=O) groups is 5. The quantitative estimate of drug-likeness (QED) is 0.111. The van der Waals surface area contributed by atoms with Gasteiger partial charge in [-0.25, -0.2) is 4.79 Å². The van der Waals surface area contributed by atoms with Gasteiger partial charge in [0.2, 0.25) is 11.8 Å². The number of ether oxygens (including phenoxy) is 1. The lowest BCUT2D eigenvalue weighted by atomic mass is 10.1. The Hall–Kier alpha value is -6.37.